The number of fused-ring (bicyclic) bond motifs is 1. The number of methoxy groups -OCH3 is 1. The molecule has 2 aromatic carbocycles. The van der Waals surface area contributed by atoms with Crippen molar-refractivity contribution in [3.05, 3.63) is 41.7 Å². The Morgan fingerprint density at radius 1 is 1.31 bits per heavy atom. The summed E-state index contributed by atoms with van der Waals surface area (Å²) in [6, 6.07) is 7.80. The Bertz CT molecular complexity index is 563. The number of aromatic carboxylic acids is 1. The van der Waals surface area contributed by atoms with Crippen LogP contribution in [0.1, 0.15) is 10.4 Å². The van der Waals surface area contributed by atoms with Crippen LogP contribution in [0.3, 0.4) is 0 Å². The lowest BCUT2D eigenvalue weighted by molar-refractivity contribution is 0.0692. The lowest BCUT2D eigenvalue weighted by Gasteiger charge is -2.08. The van der Waals surface area contributed by atoms with E-state index in [-0.39, 0.29) is 10.9 Å². The third-order valence-corrected chi connectivity index (χ3v) is 2.39. The quantitative estimate of drug-likeness (QED) is 0.846. The Balaban J connectivity index is 2.88. The van der Waals surface area contributed by atoms with E-state index in [1.54, 1.807) is 18.2 Å². The number of halogens is 1. The highest BCUT2D eigenvalue weighted by Crippen LogP contribution is 2.30. The zero-order valence-electron chi connectivity index (χ0n) is 8.53. The van der Waals surface area contributed by atoms with Gasteiger partial charge in [0, 0.05) is 10.8 Å². The summed E-state index contributed by atoms with van der Waals surface area (Å²) in [6.45, 7) is 0. The first-order valence-electron chi connectivity index (χ1n) is 4.63. The van der Waals surface area contributed by atoms with Crippen LogP contribution in [-0.2, 0) is 0 Å². The van der Waals surface area contributed by atoms with Crippen molar-refractivity contribution in [3.63, 3.8) is 0 Å². The zero-order valence-corrected chi connectivity index (χ0v) is 8.53. The van der Waals surface area contributed by atoms with E-state index < -0.39 is 11.8 Å². The fourth-order valence-corrected chi connectivity index (χ4v) is 1.63. The maximum absolute atomic E-state index is 13.8. The highest BCUT2D eigenvalue weighted by Gasteiger charge is 2.16. The number of carboxylic acid groups (broad SMARTS) is 1. The number of rotatable bonds is 2. The fourth-order valence-electron chi connectivity index (χ4n) is 1.63. The molecule has 0 fully saturated rings. The number of carboxylic acids is 1. The molecule has 0 atom stereocenters. The van der Waals surface area contributed by atoms with Crippen molar-refractivity contribution in [2.75, 3.05) is 7.11 Å². The van der Waals surface area contributed by atoms with Crippen molar-refractivity contribution in [1.29, 1.82) is 0 Å². The van der Waals surface area contributed by atoms with E-state index in [1.165, 1.54) is 19.2 Å². The molecule has 0 spiro atoms. The lowest BCUT2D eigenvalue weighted by atomic mass is 10.0. The van der Waals surface area contributed by atoms with Crippen LogP contribution in [0.2, 0.25) is 0 Å². The zero-order chi connectivity index (χ0) is 11.7. The van der Waals surface area contributed by atoms with Crippen LogP contribution < -0.4 is 4.74 Å². The summed E-state index contributed by atoms with van der Waals surface area (Å²) in [6.07, 6.45) is 0. The molecule has 4 heteroatoms. The van der Waals surface area contributed by atoms with Crippen LogP contribution in [0.25, 0.3) is 10.8 Å². The molecule has 0 aliphatic heterocycles. The first kappa shape index (κ1) is 10.4. The van der Waals surface area contributed by atoms with Gasteiger partial charge in [0.15, 0.2) is 0 Å². The van der Waals surface area contributed by atoms with Crippen LogP contribution in [0, 0.1) is 5.82 Å². The van der Waals surface area contributed by atoms with E-state index in [1.807, 2.05) is 0 Å². The Labute approximate surface area is 91.1 Å². The maximum atomic E-state index is 13.8. The van der Waals surface area contributed by atoms with E-state index in [9.17, 15) is 9.18 Å². The molecule has 3 nitrogen and oxygen atoms in total. The molecule has 82 valence electrons. The summed E-state index contributed by atoms with van der Waals surface area (Å²) in [4.78, 5) is 10.8. The summed E-state index contributed by atoms with van der Waals surface area (Å²) in [5.74, 6) is -1.68. The van der Waals surface area contributed by atoms with Gasteiger partial charge in [0.05, 0.1) is 12.7 Å². The second-order valence-corrected chi connectivity index (χ2v) is 3.29. The number of benzene rings is 2. The normalized spacial score (nSPS) is 10.4. The van der Waals surface area contributed by atoms with Gasteiger partial charge in [-0.1, -0.05) is 24.3 Å². The lowest BCUT2D eigenvalue weighted by Crippen LogP contribution is -2.02. The Hall–Kier alpha value is -2.10. The molecule has 16 heavy (non-hydrogen) atoms. The van der Waals surface area contributed by atoms with Gasteiger partial charge in [-0.3, -0.25) is 0 Å². The molecule has 0 bridgehead atoms. The van der Waals surface area contributed by atoms with Crippen molar-refractivity contribution < 1.29 is 19.0 Å². The average molecular weight is 220 g/mol. The van der Waals surface area contributed by atoms with Crippen molar-refractivity contribution in [1.82, 2.24) is 0 Å². The fraction of sp³-hybridized carbons (Fsp3) is 0.0833. The van der Waals surface area contributed by atoms with Crippen LogP contribution in [0.15, 0.2) is 30.3 Å². The van der Waals surface area contributed by atoms with Crippen molar-refractivity contribution >= 4 is 16.7 Å². The molecule has 0 saturated carbocycles. The van der Waals surface area contributed by atoms with Gasteiger partial charge in [-0.15, -0.1) is 0 Å². The Morgan fingerprint density at radius 2 is 1.94 bits per heavy atom. The molecule has 0 aliphatic carbocycles. The number of hydrogen-bond acceptors (Lipinski definition) is 2. The van der Waals surface area contributed by atoms with Gasteiger partial charge in [0.1, 0.15) is 11.6 Å². The van der Waals surface area contributed by atoms with E-state index in [0.29, 0.717) is 11.1 Å². The Morgan fingerprint density at radius 3 is 2.50 bits per heavy atom. The third kappa shape index (κ3) is 1.48. The monoisotopic (exact) mass is 220 g/mol. The molecule has 0 radical (unpaired) electrons. The second kappa shape index (κ2) is 3.81. The van der Waals surface area contributed by atoms with Crippen LogP contribution >= 0.6 is 0 Å². The SMILES string of the molecule is COc1cc(C(=O)O)c(F)c2ccccc12. The molecule has 2 rings (SSSR count). The van der Waals surface area contributed by atoms with E-state index in [4.69, 9.17) is 9.84 Å². The van der Waals surface area contributed by atoms with Gasteiger partial charge in [0.25, 0.3) is 0 Å². The molecule has 0 aromatic heterocycles. The molecule has 0 saturated heterocycles. The third-order valence-electron chi connectivity index (χ3n) is 2.39. The largest absolute Gasteiger partial charge is 0.496 e. The van der Waals surface area contributed by atoms with Gasteiger partial charge >= 0.3 is 5.97 Å². The van der Waals surface area contributed by atoms with Gasteiger partial charge in [-0.05, 0) is 6.07 Å². The minimum Gasteiger partial charge on any atom is -0.496 e. The number of carbonyl (C=O) groups is 1. The highest BCUT2D eigenvalue weighted by molar-refractivity contribution is 5.98. The molecule has 2 aromatic rings. The van der Waals surface area contributed by atoms with Gasteiger partial charge in [0.2, 0.25) is 0 Å². The summed E-state index contributed by atoms with van der Waals surface area (Å²) in [5, 5.41) is 9.66. The molecular weight excluding hydrogens is 211 g/mol. The predicted octanol–water partition coefficient (Wildman–Crippen LogP) is 2.69. The minimum atomic E-state index is -1.30. The predicted molar refractivity (Wildman–Crippen MR) is 57.4 cm³/mol. The topological polar surface area (TPSA) is 46.5 Å². The maximum Gasteiger partial charge on any atom is 0.338 e. The summed E-state index contributed by atoms with van der Waals surface area (Å²) < 4.78 is 18.8. The highest BCUT2D eigenvalue weighted by atomic mass is 19.1. The summed E-state index contributed by atoms with van der Waals surface area (Å²) >= 11 is 0. The van der Waals surface area contributed by atoms with E-state index >= 15 is 0 Å². The van der Waals surface area contributed by atoms with Gasteiger partial charge in [-0.25, -0.2) is 9.18 Å². The van der Waals surface area contributed by atoms with Crippen LogP contribution in [-0.4, -0.2) is 18.2 Å². The van der Waals surface area contributed by atoms with Crippen molar-refractivity contribution in [2.45, 2.75) is 0 Å². The van der Waals surface area contributed by atoms with E-state index in [2.05, 4.69) is 0 Å². The van der Waals surface area contributed by atoms with Crippen molar-refractivity contribution in [3.8, 4) is 5.75 Å². The van der Waals surface area contributed by atoms with E-state index in [0.717, 1.165) is 0 Å². The molecule has 0 unspecified atom stereocenters. The first-order valence-corrected chi connectivity index (χ1v) is 4.63. The van der Waals surface area contributed by atoms with Crippen LogP contribution in [0.4, 0.5) is 4.39 Å². The second-order valence-electron chi connectivity index (χ2n) is 3.29. The van der Waals surface area contributed by atoms with Crippen molar-refractivity contribution in [2.24, 2.45) is 0 Å². The van der Waals surface area contributed by atoms with Gasteiger partial charge in [-0.2, -0.15) is 0 Å². The number of hydrogen-bond donors (Lipinski definition) is 1. The Kier molecular flexibility index (Phi) is 2.48. The first-order chi connectivity index (χ1) is 7.65. The van der Waals surface area contributed by atoms with Gasteiger partial charge < -0.3 is 9.84 Å². The molecule has 0 amide bonds. The average Bonchev–Trinajstić information content (AvgIpc) is 2.29. The number of ether oxygens (including phenoxy) is 1. The summed E-state index contributed by atoms with van der Waals surface area (Å²) in [7, 11) is 1.42. The minimum absolute atomic E-state index is 0.249. The smallest absolute Gasteiger partial charge is 0.338 e. The molecular formula is C12H9FO3. The van der Waals surface area contributed by atoms with Crippen LogP contribution in [0.5, 0.6) is 5.75 Å². The molecule has 1 N–H and O–H groups in total. The summed E-state index contributed by atoms with van der Waals surface area (Å²) in [5.41, 5.74) is -0.379. The standard InChI is InChI=1S/C12H9FO3/c1-16-10-6-9(12(14)15)11(13)8-5-3-2-4-7(8)10/h2-6H,1H3,(H,14,15). The molecule has 0 aliphatic rings. The molecule has 0 heterocycles.